The molecule has 1 fully saturated rings. The van der Waals surface area contributed by atoms with Gasteiger partial charge in [-0.05, 0) is 31.7 Å². The highest BCUT2D eigenvalue weighted by Gasteiger charge is 2.41. The molecule has 1 aromatic carbocycles. The Balaban J connectivity index is 2.40. The van der Waals surface area contributed by atoms with Crippen molar-refractivity contribution < 1.29 is 8.78 Å². The van der Waals surface area contributed by atoms with Gasteiger partial charge >= 0.3 is 0 Å². The smallest absolute Gasteiger partial charge is 0.131 e. The molecule has 1 atom stereocenters. The summed E-state index contributed by atoms with van der Waals surface area (Å²) in [5, 5.41) is 0. The molecule has 2 N–H and O–H groups in total. The fraction of sp³-hybridized carbons (Fsp3) is 0.455. The topological polar surface area (TPSA) is 26.0 Å². The van der Waals surface area contributed by atoms with Gasteiger partial charge in [0, 0.05) is 17.2 Å². The molecule has 1 nitrogen and oxygen atoms in total. The molecule has 0 amide bonds. The van der Waals surface area contributed by atoms with E-state index < -0.39 is 17.2 Å². The van der Waals surface area contributed by atoms with Crippen molar-refractivity contribution in [3.63, 3.8) is 0 Å². The van der Waals surface area contributed by atoms with Crippen molar-refractivity contribution in [1.29, 1.82) is 0 Å². The van der Waals surface area contributed by atoms with E-state index in [2.05, 4.69) is 0 Å². The predicted octanol–water partition coefficient (Wildman–Crippen LogP) is 2.55. The highest BCUT2D eigenvalue weighted by Crippen LogP contribution is 2.44. The summed E-state index contributed by atoms with van der Waals surface area (Å²) in [4.78, 5) is 0. The van der Waals surface area contributed by atoms with E-state index in [1.54, 1.807) is 6.92 Å². The Kier molecular flexibility index (Phi) is 2.07. The quantitative estimate of drug-likeness (QED) is 0.774. The fourth-order valence-electron chi connectivity index (χ4n) is 1.83. The van der Waals surface area contributed by atoms with Crippen LogP contribution in [0.1, 0.15) is 25.3 Å². The molecular formula is C11H13F2N. The van der Waals surface area contributed by atoms with E-state index in [9.17, 15) is 8.78 Å². The van der Waals surface area contributed by atoms with Crippen LogP contribution in [0.2, 0.25) is 0 Å². The minimum atomic E-state index is -0.655. The van der Waals surface area contributed by atoms with Gasteiger partial charge in [0.15, 0.2) is 0 Å². The van der Waals surface area contributed by atoms with Crippen molar-refractivity contribution in [2.45, 2.75) is 25.3 Å². The zero-order valence-electron chi connectivity index (χ0n) is 8.06. The predicted molar refractivity (Wildman–Crippen MR) is 50.6 cm³/mol. The van der Waals surface area contributed by atoms with E-state index in [1.165, 1.54) is 12.1 Å². The van der Waals surface area contributed by atoms with Gasteiger partial charge < -0.3 is 5.73 Å². The molecule has 0 aliphatic heterocycles. The van der Waals surface area contributed by atoms with Crippen LogP contribution in [0.15, 0.2) is 18.2 Å². The summed E-state index contributed by atoms with van der Waals surface area (Å²) >= 11 is 0. The van der Waals surface area contributed by atoms with Gasteiger partial charge in [0.2, 0.25) is 0 Å². The average Bonchev–Trinajstić information content (AvgIpc) is 2.84. The third-order valence-electron chi connectivity index (χ3n) is 2.94. The van der Waals surface area contributed by atoms with E-state index >= 15 is 0 Å². The van der Waals surface area contributed by atoms with Gasteiger partial charge in [-0.3, -0.25) is 0 Å². The van der Waals surface area contributed by atoms with Gasteiger partial charge in [0.1, 0.15) is 11.6 Å². The van der Waals surface area contributed by atoms with Gasteiger partial charge in [-0.2, -0.15) is 0 Å². The highest BCUT2D eigenvalue weighted by atomic mass is 19.1. The van der Waals surface area contributed by atoms with E-state index in [1.807, 2.05) is 0 Å². The lowest BCUT2D eigenvalue weighted by Crippen LogP contribution is -2.36. The fourth-order valence-corrected chi connectivity index (χ4v) is 1.83. The second-order valence-corrected chi connectivity index (χ2v) is 4.18. The van der Waals surface area contributed by atoms with Gasteiger partial charge in [0.05, 0.1) is 0 Å². The van der Waals surface area contributed by atoms with E-state index in [0.717, 1.165) is 18.9 Å². The Morgan fingerprint density at radius 2 is 2.00 bits per heavy atom. The number of rotatable bonds is 2. The molecule has 1 aliphatic carbocycles. The molecule has 1 aliphatic rings. The van der Waals surface area contributed by atoms with E-state index in [-0.39, 0.29) is 0 Å². The Hall–Kier alpha value is -0.960. The largest absolute Gasteiger partial charge is 0.321 e. The van der Waals surface area contributed by atoms with Gasteiger partial charge in [0.25, 0.3) is 0 Å². The van der Waals surface area contributed by atoms with Crippen LogP contribution in [0.5, 0.6) is 0 Å². The van der Waals surface area contributed by atoms with Crippen molar-refractivity contribution in [3.05, 3.63) is 35.4 Å². The summed E-state index contributed by atoms with van der Waals surface area (Å²) in [6.45, 7) is 1.81. The first kappa shape index (κ1) is 9.59. The molecule has 2 rings (SSSR count). The minimum absolute atomic E-state index is 0.336. The number of halogens is 2. The third kappa shape index (κ3) is 1.52. The summed E-state index contributed by atoms with van der Waals surface area (Å²) in [5.41, 5.74) is 5.79. The van der Waals surface area contributed by atoms with Crippen LogP contribution in [0.3, 0.4) is 0 Å². The number of benzene rings is 1. The maximum Gasteiger partial charge on any atom is 0.131 e. The number of hydrogen-bond donors (Lipinski definition) is 1. The molecule has 3 heteroatoms. The van der Waals surface area contributed by atoms with Crippen LogP contribution in [0.25, 0.3) is 0 Å². The van der Waals surface area contributed by atoms with Crippen LogP contribution >= 0.6 is 0 Å². The molecule has 14 heavy (non-hydrogen) atoms. The molecule has 0 radical (unpaired) electrons. The van der Waals surface area contributed by atoms with Crippen LogP contribution in [-0.2, 0) is 5.54 Å². The lowest BCUT2D eigenvalue weighted by Gasteiger charge is -2.25. The average molecular weight is 197 g/mol. The monoisotopic (exact) mass is 197 g/mol. The zero-order valence-corrected chi connectivity index (χ0v) is 8.06. The first-order chi connectivity index (χ1) is 6.51. The molecule has 76 valence electrons. The normalized spacial score (nSPS) is 20.6. The molecule has 0 aromatic heterocycles. The molecule has 1 saturated carbocycles. The molecule has 0 spiro atoms. The molecule has 1 aromatic rings. The van der Waals surface area contributed by atoms with E-state index in [4.69, 9.17) is 5.73 Å². The molecule has 0 heterocycles. The van der Waals surface area contributed by atoms with Gasteiger partial charge in [-0.15, -0.1) is 0 Å². The third-order valence-corrected chi connectivity index (χ3v) is 2.94. The zero-order chi connectivity index (χ0) is 10.3. The maximum atomic E-state index is 13.4. The Morgan fingerprint density at radius 3 is 2.50 bits per heavy atom. The lowest BCUT2D eigenvalue weighted by atomic mass is 9.88. The molecular weight excluding hydrogens is 184 g/mol. The Bertz CT molecular complexity index is 356. The summed E-state index contributed by atoms with van der Waals surface area (Å²) in [6.07, 6.45) is 2.06. The van der Waals surface area contributed by atoms with Crippen molar-refractivity contribution in [1.82, 2.24) is 0 Å². The lowest BCUT2D eigenvalue weighted by molar-refractivity contribution is 0.402. The summed E-state index contributed by atoms with van der Waals surface area (Å²) in [7, 11) is 0. The number of nitrogens with two attached hydrogens (primary N) is 1. The molecule has 1 unspecified atom stereocenters. The number of hydrogen-bond acceptors (Lipinski definition) is 1. The summed E-state index contributed by atoms with van der Waals surface area (Å²) in [5.74, 6) is -0.762. The van der Waals surface area contributed by atoms with Crippen molar-refractivity contribution >= 4 is 0 Å². The van der Waals surface area contributed by atoms with Crippen molar-refractivity contribution in [3.8, 4) is 0 Å². The maximum absolute atomic E-state index is 13.4. The van der Waals surface area contributed by atoms with Gasteiger partial charge in [-0.1, -0.05) is 6.07 Å². The highest BCUT2D eigenvalue weighted by molar-refractivity contribution is 5.28. The Labute approximate surface area is 81.9 Å². The standard InChI is InChI=1S/C11H13F2N/c1-11(14,7-2-3-7)9-5-4-8(12)6-10(9)13/h4-7H,2-3,14H2,1H3. The molecule has 0 bridgehead atoms. The summed E-state index contributed by atoms with van der Waals surface area (Å²) < 4.78 is 26.1. The van der Waals surface area contributed by atoms with Gasteiger partial charge in [-0.25, -0.2) is 8.78 Å². The SMILES string of the molecule is CC(N)(c1ccc(F)cc1F)C1CC1. The first-order valence-corrected chi connectivity index (χ1v) is 4.76. The van der Waals surface area contributed by atoms with Crippen LogP contribution in [0, 0.1) is 17.6 Å². The minimum Gasteiger partial charge on any atom is -0.321 e. The second-order valence-electron chi connectivity index (χ2n) is 4.18. The van der Waals surface area contributed by atoms with Crippen molar-refractivity contribution in [2.24, 2.45) is 11.7 Å². The van der Waals surface area contributed by atoms with Crippen LogP contribution in [0.4, 0.5) is 8.78 Å². The second kappa shape index (κ2) is 3.02. The van der Waals surface area contributed by atoms with Crippen molar-refractivity contribution in [2.75, 3.05) is 0 Å². The molecule has 0 saturated heterocycles. The summed E-state index contributed by atoms with van der Waals surface area (Å²) in [6, 6.07) is 3.59. The van der Waals surface area contributed by atoms with Crippen LogP contribution < -0.4 is 5.73 Å². The van der Waals surface area contributed by atoms with E-state index in [0.29, 0.717) is 11.5 Å². The van der Waals surface area contributed by atoms with Crippen LogP contribution in [-0.4, -0.2) is 0 Å². The Morgan fingerprint density at radius 1 is 1.36 bits per heavy atom. The first-order valence-electron chi connectivity index (χ1n) is 4.76.